The number of nitrogens with one attached hydrogen (secondary N) is 2. The summed E-state index contributed by atoms with van der Waals surface area (Å²) in [5.74, 6) is -0.196. The fourth-order valence-electron chi connectivity index (χ4n) is 1.27. The number of aromatic nitrogens is 1. The molecule has 0 radical (unpaired) electrons. The highest BCUT2D eigenvalue weighted by molar-refractivity contribution is 6.04. The van der Waals surface area contributed by atoms with Crippen LogP contribution in [0.4, 0.5) is 11.4 Å². The van der Waals surface area contributed by atoms with Crippen LogP contribution in [0.25, 0.3) is 0 Å². The summed E-state index contributed by atoms with van der Waals surface area (Å²) < 4.78 is 0. The molecule has 4 heteroatoms. The van der Waals surface area contributed by atoms with Crippen molar-refractivity contribution in [3.05, 3.63) is 48.3 Å². The third kappa shape index (κ3) is 1.99. The van der Waals surface area contributed by atoms with Crippen molar-refractivity contribution in [2.24, 2.45) is 0 Å². The molecule has 0 atom stereocenters. The van der Waals surface area contributed by atoms with Gasteiger partial charge in [-0.15, -0.1) is 0 Å². The summed E-state index contributed by atoms with van der Waals surface area (Å²) in [6.45, 7) is 0. The molecule has 0 spiro atoms. The van der Waals surface area contributed by atoms with Crippen molar-refractivity contribution >= 4 is 17.3 Å². The van der Waals surface area contributed by atoms with E-state index >= 15 is 0 Å². The minimum atomic E-state index is -0.196. The monoisotopic (exact) mass is 201 g/mol. The van der Waals surface area contributed by atoms with Gasteiger partial charge in [0.2, 0.25) is 0 Å². The summed E-state index contributed by atoms with van der Waals surface area (Å²) >= 11 is 0. The molecule has 1 aromatic carbocycles. The van der Waals surface area contributed by atoms with Crippen molar-refractivity contribution in [1.29, 1.82) is 0 Å². The lowest BCUT2D eigenvalue weighted by atomic mass is 10.2. The largest absolute Gasteiger partial charge is 0.397 e. The van der Waals surface area contributed by atoms with Crippen molar-refractivity contribution in [2.75, 3.05) is 11.1 Å². The molecular formula is C11H11N3O. The normalized spacial score (nSPS) is 9.87. The Morgan fingerprint density at radius 1 is 1.20 bits per heavy atom. The highest BCUT2D eigenvalue weighted by atomic mass is 16.1. The molecule has 2 rings (SSSR count). The molecule has 0 unspecified atom stereocenters. The second kappa shape index (κ2) is 3.88. The lowest BCUT2D eigenvalue weighted by molar-refractivity contribution is 0.102. The lowest BCUT2D eigenvalue weighted by Crippen LogP contribution is -2.13. The van der Waals surface area contributed by atoms with Crippen LogP contribution in [-0.2, 0) is 0 Å². The third-order valence-corrected chi connectivity index (χ3v) is 2.05. The number of nitrogens with two attached hydrogens (primary N) is 1. The predicted molar refractivity (Wildman–Crippen MR) is 59.6 cm³/mol. The number of rotatable bonds is 2. The van der Waals surface area contributed by atoms with E-state index in [1.54, 1.807) is 30.5 Å². The summed E-state index contributed by atoms with van der Waals surface area (Å²) in [7, 11) is 0. The molecule has 1 amide bonds. The molecule has 0 saturated heterocycles. The number of nitrogen functional groups attached to an aromatic ring is 1. The average Bonchev–Trinajstić information content (AvgIpc) is 2.74. The first-order valence-corrected chi connectivity index (χ1v) is 4.56. The summed E-state index contributed by atoms with van der Waals surface area (Å²) in [4.78, 5) is 14.5. The number of carbonyl (C=O) groups excluding carboxylic acids is 1. The quantitative estimate of drug-likeness (QED) is 0.649. The zero-order valence-electron chi connectivity index (χ0n) is 8.03. The van der Waals surface area contributed by atoms with E-state index in [2.05, 4.69) is 10.3 Å². The van der Waals surface area contributed by atoms with E-state index in [-0.39, 0.29) is 5.91 Å². The summed E-state index contributed by atoms with van der Waals surface area (Å²) in [5.41, 5.74) is 7.39. The van der Waals surface area contributed by atoms with Crippen LogP contribution in [0, 0.1) is 0 Å². The van der Waals surface area contributed by atoms with Crippen LogP contribution in [0.2, 0.25) is 0 Å². The van der Waals surface area contributed by atoms with Gasteiger partial charge in [0.1, 0.15) is 5.69 Å². The van der Waals surface area contributed by atoms with Gasteiger partial charge in [0, 0.05) is 6.20 Å². The molecule has 2 aromatic rings. The van der Waals surface area contributed by atoms with Gasteiger partial charge in [-0.05, 0) is 24.3 Å². The van der Waals surface area contributed by atoms with Gasteiger partial charge >= 0.3 is 0 Å². The standard InChI is InChI=1S/C11H11N3O/c12-8-4-1-2-5-9(8)14-11(15)10-6-3-7-13-10/h1-7,13H,12H2,(H,14,15). The Morgan fingerprint density at radius 2 is 2.00 bits per heavy atom. The number of hydrogen-bond acceptors (Lipinski definition) is 2. The Balaban J connectivity index is 2.17. The number of anilines is 2. The van der Waals surface area contributed by atoms with Crippen molar-refractivity contribution in [3.63, 3.8) is 0 Å². The van der Waals surface area contributed by atoms with Gasteiger partial charge in [0.25, 0.3) is 5.91 Å². The van der Waals surface area contributed by atoms with E-state index in [9.17, 15) is 4.79 Å². The first-order valence-electron chi connectivity index (χ1n) is 4.56. The number of hydrogen-bond donors (Lipinski definition) is 3. The van der Waals surface area contributed by atoms with E-state index in [1.165, 1.54) is 0 Å². The first-order chi connectivity index (χ1) is 7.27. The molecule has 0 aliphatic rings. The summed E-state index contributed by atoms with van der Waals surface area (Å²) in [5, 5.41) is 2.72. The van der Waals surface area contributed by atoms with Crippen molar-refractivity contribution in [1.82, 2.24) is 4.98 Å². The van der Waals surface area contributed by atoms with Gasteiger partial charge in [0.05, 0.1) is 11.4 Å². The molecule has 1 heterocycles. The Hall–Kier alpha value is -2.23. The summed E-state index contributed by atoms with van der Waals surface area (Å²) in [6, 6.07) is 10.6. The van der Waals surface area contributed by atoms with Crippen LogP contribution < -0.4 is 11.1 Å². The van der Waals surface area contributed by atoms with Gasteiger partial charge in [-0.2, -0.15) is 0 Å². The number of H-pyrrole nitrogens is 1. The number of aromatic amines is 1. The first kappa shape index (κ1) is 9.33. The van der Waals surface area contributed by atoms with Crippen molar-refractivity contribution < 1.29 is 4.79 Å². The lowest BCUT2D eigenvalue weighted by Gasteiger charge is -2.06. The van der Waals surface area contributed by atoms with Crippen LogP contribution in [0.15, 0.2) is 42.6 Å². The molecule has 4 nitrogen and oxygen atoms in total. The van der Waals surface area contributed by atoms with Crippen LogP contribution in [-0.4, -0.2) is 10.9 Å². The van der Waals surface area contributed by atoms with Gasteiger partial charge in [-0.25, -0.2) is 0 Å². The van der Waals surface area contributed by atoms with Crippen molar-refractivity contribution in [2.45, 2.75) is 0 Å². The smallest absolute Gasteiger partial charge is 0.272 e. The average molecular weight is 201 g/mol. The van der Waals surface area contributed by atoms with E-state index in [1.807, 2.05) is 12.1 Å². The highest BCUT2D eigenvalue weighted by Crippen LogP contribution is 2.17. The molecule has 15 heavy (non-hydrogen) atoms. The molecule has 1 aromatic heterocycles. The van der Waals surface area contributed by atoms with Crippen LogP contribution >= 0.6 is 0 Å². The maximum absolute atomic E-state index is 11.6. The minimum absolute atomic E-state index is 0.196. The zero-order chi connectivity index (χ0) is 10.7. The van der Waals surface area contributed by atoms with Gasteiger partial charge in [-0.3, -0.25) is 4.79 Å². The van der Waals surface area contributed by atoms with Gasteiger partial charge in [-0.1, -0.05) is 12.1 Å². The zero-order valence-corrected chi connectivity index (χ0v) is 8.03. The molecule has 0 bridgehead atoms. The van der Waals surface area contributed by atoms with Crippen LogP contribution in [0.5, 0.6) is 0 Å². The van der Waals surface area contributed by atoms with E-state index in [0.29, 0.717) is 17.1 Å². The molecule has 0 aliphatic heterocycles. The summed E-state index contributed by atoms with van der Waals surface area (Å²) in [6.07, 6.45) is 1.70. The molecule has 0 fully saturated rings. The predicted octanol–water partition coefficient (Wildman–Crippen LogP) is 1.85. The van der Waals surface area contributed by atoms with E-state index in [0.717, 1.165) is 0 Å². The number of carbonyl (C=O) groups is 1. The van der Waals surface area contributed by atoms with Crippen LogP contribution in [0.1, 0.15) is 10.5 Å². The Morgan fingerprint density at radius 3 is 2.67 bits per heavy atom. The highest BCUT2D eigenvalue weighted by Gasteiger charge is 2.07. The number of para-hydroxylation sites is 2. The molecule has 0 aliphatic carbocycles. The maximum atomic E-state index is 11.6. The number of amides is 1. The van der Waals surface area contributed by atoms with E-state index < -0.39 is 0 Å². The Kier molecular flexibility index (Phi) is 2.41. The van der Waals surface area contributed by atoms with Gasteiger partial charge < -0.3 is 16.0 Å². The second-order valence-electron chi connectivity index (χ2n) is 3.13. The van der Waals surface area contributed by atoms with Crippen molar-refractivity contribution in [3.8, 4) is 0 Å². The second-order valence-corrected chi connectivity index (χ2v) is 3.13. The molecule has 0 saturated carbocycles. The molecular weight excluding hydrogens is 190 g/mol. The third-order valence-electron chi connectivity index (χ3n) is 2.05. The number of benzene rings is 1. The fourth-order valence-corrected chi connectivity index (χ4v) is 1.27. The van der Waals surface area contributed by atoms with E-state index in [4.69, 9.17) is 5.73 Å². The SMILES string of the molecule is Nc1ccccc1NC(=O)c1ccc[nH]1. The van der Waals surface area contributed by atoms with Crippen LogP contribution in [0.3, 0.4) is 0 Å². The Bertz CT molecular complexity index is 462. The molecule has 76 valence electrons. The molecule has 4 N–H and O–H groups in total. The topological polar surface area (TPSA) is 70.9 Å². The fraction of sp³-hybridized carbons (Fsp3) is 0. The minimum Gasteiger partial charge on any atom is -0.397 e. The Labute approximate surface area is 87.1 Å². The maximum Gasteiger partial charge on any atom is 0.272 e. The van der Waals surface area contributed by atoms with Gasteiger partial charge in [0.15, 0.2) is 0 Å².